The summed E-state index contributed by atoms with van der Waals surface area (Å²) in [6.45, 7) is 2.65. The van der Waals surface area contributed by atoms with Crippen LogP contribution in [0.25, 0.3) is 0 Å². The van der Waals surface area contributed by atoms with Gasteiger partial charge in [0, 0.05) is 37.9 Å². The van der Waals surface area contributed by atoms with Crippen molar-refractivity contribution in [2.75, 3.05) is 42.9 Å². The second kappa shape index (κ2) is 8.67. The minimum absolute atomic E-state index is 0.0951. The lowest BCUT2D eigenvalue weighted by Crippen LogP contribution is -2.48. The van der Waals surface area contributed by atoms with Crippen molar-refractivity contribution in [1.82, 2.24) is 14.7 Å². The molecule has 162 valence electrons. The molecule has 0 unspecified atom stereocenters. The Labute approximate surface area is 173 Å². The van der Waals surface area contributed by atoms with Gasteiger partial charge in [0.05, 0.1) is 24.3 Å². The van der Waals surface area contributed by atoms with Gasteiger partial charge in [-0.1, -0.05) is 18.9 Å². The standard InChI is InChI=1S/C21H26F3N5O/c22-21(23,24)16-4-3-7-18(14-16)28-12-10-27(11-13-28)15-20(30)26-19-8-9-25-29(19)17-5-1-2-6-17/h3-4,7-9,14,17H,1-2,5-6,10-13,15H2,(H,26,30). The largest absolute Gasteiger partial charge is 0.416 e. The van der Waals surface area contributed by atoms with E-state index in [1.165, 1.54) is 25.0 Å². The number of carbonyl (C=O) groups excluding carboxylic acids is 1. The number of nitrogens with zero attached hydrogens (tertiary/aromatic N) is 4. The monoisotopic (exact) mass is 421 g/mol. The molecule has 1 amide bonds. The quantitative estimate of drug-likeness (QED) is 0.799. The fourth-order valence-electron chi connectivity index (χ4n) is 4.28. The van der Waals surface area contributed by atoms with Crippen molar-refractivity contribution in [1.29, 1.82) is 0 Å². The first-order valence-corrected chi connectivity index (χ1v) is 10.4. The predicted octanol–water partition coefficient (Wildman–Crippen LogP) is 3.78. The van der Waals surface area contributed by atoms with Crippen molar-refractivity contribution < 1.29 is 18.0 Å². The van der Waals surface area contributed by atoms with Crippen LogP contribution in [0.1, 0.15) is 37.3 Å². The van der Waals surface area contributed by atoms with Crippen LogP contribution < -0.4 is 10.2 Å². The molecule has 0 atom stereocenters. The third-order valence-electron chi connectivity index (χ3n) is 5.89. The minimum Gasteiger partial charge on any atom is -0.369 e. The molecule has 1 saturated heterocycles. The highest BCUT2D eigenvalue weighted by Crippen LogP contribution is 2.32. The zero-order valence-electron chi connectivity index (χ0n) is 16.7. The Morgan fingerprint density at radius 1 is 1.10 bits per heavy atom. The maximum absolute atomic E-state index is 12.9. The first-order valence-electron chi connectivity index (χ1n) is 10.4. The highest BCUT2D eigenvalue weighted by atomic mass is 19.4. The minimum atomic E-state index is -4.35. The smallest absolute Gasteiger partial charge is 0.369 e. The van der Waals surface area contributed by atoms with E-state index in [1.807, 2.05) is 20.5 Å². The van der Waals surface area contributed by atoms with E-state index in [4.69, 9.17) is 0 Å². The van der Waals surface area contributed by atoms with Crippen LogP contribution in [0.2, 0.25) is 0 Å². The Balaban J connectivity index is 1.29. The molecule has 1 N–H and O–H groups in total. The average Bonchev–Trinajstić information content (AvgIpc) is 3.39. The Hall–Kier alpha value is -2.55. The number of aromatic nitrogens is 2. The molecule has 2 aromatic rings. The SMILES string of the molecule is O=C(CN1CCN(c2cccc(C(F)(F)F)c2)CC1)Nc1ccnn1C1CCCC1. The van der Waals surface area contributed by atoms with Gasteiger partial charge in [0.1, 0.15) is 5.82 Å². The zero-order valence-corrected chi connectivity index (χ0v) is 16.7. The van der Waals surface area contributed by atoms with Crippen molar-refractivity contribution in [2.24, 2.45) is 0 Å². The fourth-order valence-corrected chi connectivity index (χ4v) is 4.28. The molecule has 0 spiro atoms. The summed E-state index contributed by atoms with van der Waals surface area (Å²) in [4.78, 5) is 16.5. The van der Waals surface area contributed by atoms with E-state index >= 15 is 0 Å². The van der Waals surface area contributed by atoms with Crippen LogP contribution in [0.3, 0.4) is 0 Å². The van der Waals surface area contributed by atoms with E-state index in [2.05, 4.69) is 10.4 Å². The van der Waals surface area contributed by atoms with Crippen LogP contribution in [0.4, 0.5) is 24.7 Å². The fraction of sp³-hybridized carbons (Fsp3) is 0.524. The normalized spacial score (nSPS) is 18.7. The molecule has 4 rings (SSSR count). The molecular weight excluding hydrogens is 395 g/mol. The molecule has 2 heterocycles. The van der Waals surface area contributed by atoms with Gasteiger partial charge in [-0.15, -0.1) is 0 Å². The number of hydrogen-bond acceptors (Lipinski definition) is 4. The second-order valence-corrected chi connectivity index (χ2v) is 7.96. The lowest BCUT2D eigenvalue weighted by Gasteiger charge is -2.36. The van der Waals surface area contributed by atoms with Crippen molar-refractivity contribution in [3.8, 4) is 0 Å². The number of piperazine rings is 1. The maximum atomic E-state index is 12.9. The first-order chi connectivity index (χ1) is 14.4. The molecule has 30 heavy (non-hydrogen) atoms. The first kappa shape index (κ1) is 20.7. The summed E-state index contributed by atoms with van der Waals surface area (Å²) >= 11 is 0. The van der Waals surface area contributed by atoms with Crippen LogP contribution in [-0.4, -0.2) is 53.3 Å². The number of nitrogens with one attached hydrogen (secondary N) is 1. The number of hydrogen-bond donors (Lipinski definition) is 1. The summed E-state index contributed by atoms with van der Waals surface area (Å²) in [7, 11) is 0. The van der Waals surface area contributed by atoms with Gasteiger partial charge in [-0.25, -0.2) is 4.68 Å². The molecular formula is C21H26F3N5O. The van der Waals surface area contributed by atoms with E-state index in [-0.39, 0.29) is 12.5 Å². The Kier molecular flexibility index (Phi) is 5.99. The number of rotatable bonds is 5. The van der Waals surface area contributed by atoms with Crippen LogP contribution in [0.5, 0.6) is 0 Å². The van der Waals surface area contributed by atoms with Gasteiger partial charge in [0.15, 0.2) is 0 Å². The second-order valence-electron chi connectivity index (χ2n) is 7.96. The third-order valence-corrected chi connectivity index (χ3v) is 5.89. The topological polar surface area (TPSA) is 53.4 Å². The van der Waals surface area contributed by atoms with E-state index in [0.29, 0.717) is 37.9 Å². The van der Waals surface area contributed by atoms with E-state index in [1.54, 1.807) is 12.3 Å². The number of amides is 1. The Bertz CT molecular complexity index is 868. The van der Waals surface area contributed by atoms with Crippen LogP contribution >= 0.6 is 0 Å². The van der Waals surface area contributed by atoms with Gasteiger partial charge < -0.3 is 10.2 Å². The molecule has 0 bridgehead atoms. The summed E-state index contributed by atoms with van der Waals surface area (Å²) in [6.07, 6.45) is 1.91. The zero-order chi connectivity index (χ0) is 21.1. The molecule has 9 heteroatoms. The van der Waals surface area contributed by atoms with Crippen molar-refractivity contribution in [3.63, 3.8) is 0 Å². The van der Waals surface area contributed by atoms with Crippen molar-refractivity contribution in [3.05, 3.63) is 42.1 Å². The lowest BCUT2D eigenvalue weighted by atomic mass is 10.1. The number of carbonyl (C=O) groups is 1. The Morgan fingerprint density at radius 2 is 1.83 bits per heavy atom. The van der Waals surface area contributed by atoms with E-state index < -0.39 is 11.7 Å². The van der Waals surface area contributed by atoms with Crippen molar-refractivity contribution in [2.45, 2.75) is 37.9 Å². The summed E-state index contributed by atoms with van der Waals surface area (Å²) in [5.41, 5.74) is -0.0740. The molecule has 1 saturated carbocycles. The molecule has 2 fully saturated rings. The van der Waals surface area contributed by atoms with Crippen LogP contribution in [0.15, 0.2) is 36.5 Å². The van der Waals surface area contributed by atoms with E-state index in [9.17, 15) is 18.0 Å². The van der Waals surface area contributed by atoms with Gasteiger partial charge in [0.2, 0.25) is 5.91 Å². The van der Waals surface area contributed by atoms with Gasteiger partial charge in [0.25, 0.3) is 0 Å². The molecule has 0 radical (unpaired) electrons. The van der Waals surface area contributed by atoms with Crippen molar-refractivity contribution >= 4 is 17.4 Å². The summed E-state index contributed by atoms with van der Waals surface area (Å²) in [6, 6.07) is 7.58. The van der Waals surface area contributed by atoms with Crippen LogP contribution in [-0.2, 0) is 11.0 Å². The summed E-state index contributed by atoms with van der Waals surface area (Å²) < 4.78 is 40.8. The predicted molar refractivity (Wildman–Crippen MR) is 108 cm³/mol. The molecule has 6 nitrogen and oxygen atoms in total. The highest BCUT2D eigenvalue weighted by molar-refractivity contribution is 5.91. The van der Waals surface area contributed by atoms with Gasteiger partial charge in [-0.3, -0.25) is 9.69 Å². The molecule has 1 aliphatic carbocycles. The average molecular weight is 421 g/mol. The molecule has 1 aliphatic heterocycles. The third kappa shape index (κ3) is 4.77. The summed E-state index contributed by atoms with van der Waals surface area (Å²) in [5, 5.41) is 7.33. The molecule has 1 aromatic carbocycles. The lowest BCUT2D eigenvalue weighted by molar-refractivity contribution is -0.137. The van der Waals surface area contributed by atoms with Gasteiger partial charge in [-0.05, 0) is 31.0 Å². The maximum Gasteiger partial charge on any atom is 0.416 e. The number of alkyl halides is 3. The van der Waals surface area contributed by atoms with Gasteiger partial charge in [-0.2, -0.15) is 18.3 Å². The number of anilines is 2. The summed E-state index contributed by atoms with van der Waals surface area (Å²) in [5.74, 6) is 0.636. The molecule has 1 aromatic heterocycles. The van der Waals surface area contributed by atoms with Crippen LogP contribution in [0, 0.1) is 0 Å². The highest BCUT2D eigenvalue weighted by Gasteiger charge is 2.31. The van der Waals surface area contributed by atoms with Gasteiger partial charge >= 0.3 is 6.18 Å². The number of halogens is 3. The van der Waals surface area contributed by atoms with E-state index in [0.717, 1.165) is 24.7 Å². The number of benzene rings is 1. The Morgan fingerprint density at radius 3 is 2.53 bits per heavy atom. The molecule has 2 aliphatic rings.